The molecule has 0 aromatic rings. The lowest BCUT2D eigenvalue weighted by atomic mass is 9.59. The number of carbonyl (C=O) groups is 3. The highest BCUT2D eigenvalue weighted by Gasteiger charge is 2.83. The molecular formula is C42H54F6N2O7. The molecule has 0 aromatic carbocycles. The van der Waals surface area contributed by atoms with Crippen molar-refractivity contribution in [3.05, 3.63) is 24.3 Å². The number of carbonyl (C=O) groups excluding carboxylic acids is 3. The van der Waals surface area contributed by atoms with E-state index >= 15 is 0 Å². The zero-order valence-electron chi connectivity index (χ0n) is 32.2. The molecule has 9 aliphatic rings. The number of ketones is 1. The van der Waals surface area contributed by atoms with Crippen molar-refractivity contribution in [3.8, 4) is 0 Å². The first-order valence-corrected chi connectivity index (χ1v) is 21.1. The largest absolute Gasteiger partial charge is 0.461 e. The van der Waals surface area contributed by atoms with Crippen molar-refractivity contribution in [3.63, 3.8) is 0 Å². The Morgan fingerprint density at radius 1 is 0.667 bits per heavy atom. The first-order valence-electron chi connectivity index (χ1n) is 21.1. The fourth-order valence-corrected chi connectivity index (χ4v) is 14.2. The van der Waals surface area contributed by atoms with Gasteiger partial charge in [-0.2, -0.15) is 26.3 Å². The summed E-state index contributed by atoms with van der Waals surface area (Å²) in [6.07, 6.45) is -7.95. The van der Waals surface area contributed by atoms with Gasteiger partial charge >= 0.3 is 24.3 Å². The maximum atomic E-state index is 14.7. The zero-order chi connectivity index (χ0) is 40.6. The van der Waals surface area contributed by atoms with Crippen LogP contribution in [0, 0.1) is 64.6 Å². The molecule has 57 heavy (non-hydrogen) atoms. The summed E-state index contributed by atoms with van der Waals surface area (Å²) >= 11 is 0. The normalized spacial score (nSPS) is 46.0. The standard InChI is InChI=1S/C42H54F6N2O7/c1-21-3-5-25-29(19-49-13-7-23(8-14-49)41(43,44)45)36(52)56-34(25)32-27(21)17-31(51)38(32)11-12-39(54)33-28(18-40(38,39)55)22(2)4-6-26-30(37(53)57-35(26)33)20-50-15-9-24(10-16-50)42(46,47)48/h23-30,32-35,54-55H,1-20H2/t25-,26-,27-,28-,29?,30?,32-,33-,34-,35-,38+,39-,40-/m0/s1. The second kappa shape index (κ2) is 13.5. The molecule has 4 saturated heterocycles. The third-order valence-corrected chi connectivity index (χ3v) is 17.1. The number of fused-ring (bicyclic) bond motifs is 10. The Morgan fingerprint density at radius 2 is 1.12 bits per heavy atom. The molecule has 2 unspecified atom stereocenters. The molecule has 316 valence electrons. The van der Waals surface area contributed by atoms with Gasteiger partial charge in [-0.05, 0) is 109 Å². The van der Waals surface area contributed by atoms with Crippen molar-refractivity contribution < 1.29 is 60.4 Å². The number of Topliss-reactive ketones (excluding diaryl/α,β-unsaturated/α-hetero) is 1. The predicted molar refractivity (Wildman–Crippen MR) is 191 cm³/mol. The van der Waals surface area contributed by atoms with Crippen LogP contribution in [0.4, 0.5) is 26.3 Å². The van der Waals surface area contributed by atoms with E-state index in [1.165, 1.54) is 0 Å². The van der Waals surface area contributed by atoms with E-state index in [1.807, 2.05) is 9.80 Å². The number of ether oxygens (including phenoxy) is 2. The smallest absolute Gasteiger partial charge is 0.391 e. The van der Waals surface area contributed by atoms with Crippen molar-refractivity contribution in [2.24, 2.45) is 64.6 Å². The predicted octanol–water partition coefficient (Wildman–Crippen LogP) is 5.63. The van der Waals surface area contributed by atoms with E-state index in [1.54, 1.807) is 0 Å². The molecule has 5 aliphatic carbocycles. The number of hydrogen-bond acceptors (Lipinski definition) is 9. The quantitative estimate of drug-likeness (QED) is 0.212. The van der Waals surface area contributed by atoms with Crippen molar-refractivity contribution in [1.29, 1.82) is 0 Å². The minimum atomic E-state index is -4.27. The monoisotopic (exact) mass is 812 g/mol. The number of allylic oxidation sites excluding steroid dienone is 2. The summed E-state index contributed by atoms with van der Waals surface area (Å²) in [5.41, 5.74) is -3.75. The fraction of sp³-hybridized carbons (Fsp3) is 0.833. The molecule has 0 bridgehead atoms. The Morgan fingerprint density at radius 3 is 1.60 bits per heavy atom. The van der Waals surface area contributed by atoms with Gasteiger partial charge in [0.2, 0.25) is 0 Å². The Balaban J connectivity index is 0.993. The van der Waals surface area contributed by atoms with Gasteiger partial charge in [-0.25, -0.2) is 0 Å². The molecular weight excluding hydrogens is 758 g/mol. The van der Waals surface area contributed by atoms with E-state index in [0.29, 0.717) is 25.7 Å². The summed E-state index contributed by atoms with van der Waals surface area (Å²) in [5.74, 6) is -8.25. The minimum Gasteiger partial charge on any atom is -0.461 e. The van der Waals surface area contributed by atoms with Crippen LogP contribution in [-0.2, 0) is 23.9 Å². The van der Waals surface area contributed by atoms with Crippen molar-refractivity contribution in [1.82, 2.24) is 9.80 Å². The van der Waals surface area contributed by atoms with Gasteiger partial charge in [0.1, 0.15) is 29.2 Å². The number of nitrogens with zero attached hydrogens (tertiary/aromatic N) is 2. The number of piperidine rings is 2. The summed E-state index contributed by atoms with van der Waals surface area (Å²) in [5, 5.41) is 26.5. The van der Waals surface area contributed by atoms with Crippen LogP contribution < -0.4 is 0 Å². The minimum absolute atomic E-state index is 0.00768. The number of hydrogen-bond donors (Lipinski definition) is 2. The van der Waals surface area contributed by atoms with Gasteiger partial charge in [0.25, 0.3) is 0 Å². The van der Waals surface area contributed by atoms with Crippen LogP contribution >= 0.6 is 0 Å². The highest BCUT2D eigenvalue weighted by atomic mass is 19.4. The van der Waals surface area contributed by atoms with Crippen LogP contribution in [0.25, 0.3) is 0 Å². The van der Waals surface area contributed by atoms with Gasteiger partial charge in [-0.1, -0.05) is 24.3 Å². The van der Waals surface area contributed by atoms with Crippen molar-refractivity contribution >= 4 is 17.7 Å². The third-order valence-electron chi connectivity index (χ3n) is 17.1. The number of likely N-dealkylation sites (tertiary alicyclic amines) is 2. The van der Waals surface area contributed by atoms with Crippen LogP contribution in [0.5, 0.6) is 0 Å². The maximum absolute atomic E-state index is 14.7. The zero-order valence-corrected chi connectivity index (χ0v) is 32.2. The van der Waals surface area contributed by atoms with E-state index in [4.69, 9.17) is 9.47 Å². The molecule has 9 fully saturated rings. The molecule has 1 spiro atoms. The molecule has 2 N–H and O–H groups in total. The molecule has 0 amide bonds. The molecule has 4 aliphatic heterocycles. The molecule has 9 nitrogen and oxygen atoms in total. The van der Waals surface area contributed by atoms with E-state index in [9.17, 15) is 50.9 Å². The van der Waals surface area contributed by atoms with Crippen LogP contribution in [0.1, 0.15) is 77.0 Å². The van der Waals surface area contributed by atoms with E-state index in [0.717, 1.165) is 11.1 Å². The maximum Gasteiger partial charge on any atom is 0.391 e. The molecule has 0 radical (unpaired) electrons. The number of halogens is 6. The Hall–Kier alpha value is -2.49. The third kappa shape index (κ3) is 5.87. The van der Waals surface area contributed by atoms with Crippen molar-refractivity contribution in [2.75, 3.05) is 39.3 Å². The number of esters is 2. The van der Waals surface area contributed by atoms with Crippen LogP contribution in [-0.4, -0.2) is 113 Å². The van der Waals surface area contributed by atoms with Crippen molar-refractivity contribution in [2.45, 2.75) is 113 Å². The molecule has 5 saturated carbocycles. The van der Waals surface area contributed by atoms with Gasteiger partial charge < -0.3 is 29.5 Å². The first kappa shape index (κ1) is 39.9. The number of rotatable bonds is 4. The van der Waals surface area contributed by atoms with Gasteiger partial charge in [-0.15, -0.1) is 0 Å². The molecule has 0 aromatic heterocycles. The second-order valence-corrected chi connectivity index (χ2v) is 19.3. The average Bonchev–Trinajstić information content (AvgIpc) is 3.81. The molecule has 13 atom stereocenters. The summed E-state index contributed by atoms with van der Waals surface area (Å²) in [6, 6.07) is 0. The Kier molecular flexibility index (Phi) is 9.47. The fourth-order valence-electron chi connectivity index (χ4n) is 14.2. The van der Waals surface area contributed by atoms with Crippen LogP contribution in [0.15, 0.2) is 24.3 Å². The van der Waals surface area contributed by atoms with Gasteiger partial charge in [0.05, 0.1) is 29.1 Å². The lowest BCUT2D eigenvalue weighted by molar-refractivity contribution is -0.205. The SMILES string of the molecule is C=C1CC[C@H]2C(CN3CCC(C(F)(F)F)CC3)C(=O)O[C@@H]2[C@@H]2[C@H]1C[C@@]1(O)[C@]2(O)CC[C@]12C(=O)C[C@H]1C(=C)CC[C@H]3C(CN4CCC(C(F)(F)F)CC4)C(=O)O[C@@H]3[C@H]12. The summed E-state index contributed by atoms with van der Waals surface area (Å²) in [6.45, 7) is 10.1. The molecule has 9 rings (SSSR count). The topological polar surface area (TPSA) is 117 Å². The van der Waals surface area contributed by atoms with Gasteiger partial charge in [-0.3, -0.25) is 14.4 Å². The molecule has 4 heterocycles. The Labute approximate surface area is 328 Å². The highest BCUT2D eigenvalue weighted by molar-refractivity contribution is 5.91. The lowest BCUT2D eigenvalue weighted by Gasteiger charge is -2.48. The summed E-state index contributed by atoms with van der Waals surface area (Å²) in [4.78, 5) is 46.0. The Bertz CT molecular complexity index is 1700. The molecule has 15 heteroatoms. The van der Waals surface area contributed by atoms with E-state index in [2.05, 4.69) is 13.2 Å². The summed E-state index contributed by atoms with van der Waals surface area (Å²) < 4.78 is 93.0. The van der Waals surface area contributed by atoms with E-state index in [-0.39, 0.29) is 108 Å². The van der Waals surface area contributed by atoms with Crippen LogP contribution in [0.3, 0.4) is 0 Å². The number of alkyl halides is 6. The average molecular weight is 813 g/mol. The lowest BCUT2D eigenvalue weighted by Crippen LogP contribution is -2.63. The van der Waals surface area contributed by atoms with Crippen LogP contribution in [0.2, 0.25) is 0 Å². The van der Waals surface area contributed by atoms with Gasteiger partial charge in [0.15, 0.2) is 0 Å². The van der Waals surface area contributed by atoms with E-state index < -0.39 is 100 Å². The summed E-state index contributed by atoms with van der Waals surface area (Å²) in [7, 11) is 0. The first-order chi connectivity index (χ1) is 26.8. The number of aliphatic hydroxyl groups is 2. The highest BCUT2D eigenvalue weighted by Crippen LogP contribution is 2.74. The second-order valence-electron chi connectivity index (χ2n) is 19.3. The van der Waals surface area contributed by atoms with Gasteiger partial charge in [0, 0.05) is 43.2 Å².